The van der Waals surface area contributed by atoms with Gasteiger partial charge in [0.1, 0.15) is 17.5 Å². The van der Waals surface area contributed by atoms with Crippen molar-refractivity contribution < 1.29 is 24.2 Å². The van der Waals surface area contributed by atoms with Crippen molar-refractivity contribution in [2.75, 3.05) is 6.54 Å². The zero-order valence-corrected chi connectivity index (χ0v) is 24.5. The average molecular weight is 584 g/mol. The van der Waals surface area contributed by atoms with E-state index >= 15 is 0 Å². The van der Waals surface area contributed by atoms with E-state index in [-0.39, 0.29) is 18.4 Å². The molecule has 3 aromatic carbocycles. The Kier molecular flexibility index (Phi) is 10.4. The summed E-state index contributed by atoms with van der Waals surface area (Å²) in [5.41, 5.74) is 1.25. The summed E-state index contributed by atoms with van der Waals surface area (Å²) in [5.74, 6) is 0.0227. The highest BCUT2D eigenvalue weighted by molar-refractivity contribution is 5.98. The van der Waals surface area contributed by atoms with Gasteiger partial charge in [-0.2, -0.15) is 0 Å². The SMILES string of the molecule is O=C(N[C@@H](Cc1ccccc1)C(=O)N1CCC[C@H]1C(O)C(=O)NC1CCCCCC1)c1cccc(Oc2ccccc2)c1. The van der Waals surface area contributed by atoms with Gasteiger partial charge in [-0.25, -0.2) is 0 Å². The second-order valence-corrected chi connectivity index (χ2v) is 11.5. The van der Waals surface area contributed by atoms with Gasteiger partial charge >= 0.3 is 0 Å². The summed E-state index contributed by atoms with van der Waals surface area (Å²) >= 11 is 0. The van der Waals surface area contributed by atoms with Crippen LogP contribution in [-0.4, -0.2) is 58.5 Å². The average Bonchev–Trinajstić information content (AvgIpc) is 3.38. The lowest BCUT2D eigenvalue weighted by molar-refractivity contribution is -0.141. The number of nitrogens with zero attached hydrogens (tertiary/aromatic N) is 1. The maximum atomic E-state index is 14.0. The lowest BCUT2D eigenvalue weighted by Crippen LogP contribution is -2.56. The van der Waals surface area contributed by atoms with Crippen LogP contribution in [0.5, 0.6) is 11.5 Å². The standard InChI is InChI=1S/C35H41N3O5/c39-32(34(41)36-27-16-7-1-2-8-17-27)31-21-12-22-38(31)35(42)30(23-25-13-5-3-6-14-25)37-33(40)26-15-11-20-29(24-26)43-28-18-9-4-10-19-28/h3-6,9-11,13-15,18-20,24,27,30-32,39H,1-2,7-8,12,16-17,21-23H2,(H,36,41)(H,37,40)/t30-,31-,32?/m0/s1. The smallest absolute Gasteiger partial charge is 0.252 e. The molecule has 43 heavy (non-hydrogen) atoms. The molecule has 3 aromatic rings. The Hall–Kier alpha value is -4.17. The van der Waals surface area contributed by atoms with Crippen LogP contribution in [0.1, 0.15) is 67.3 Å². The van der Waals surface area contributed by atoms with Crippen molar-refractivity contribution in [2.24, 2.45) is 0 Å². The number of hydrogen-bond donors (Lipinski definition) is 3. The molecular formula is C35H41N3O5. The fraction of sp³-hybridized carbons (Fsp3) is 0.400. The summed E-state index contributed by atoms with van der Waals surface area (Å²) in [7, 11) is 0. The first-order chi connectivity index (χ1) is 21.0. The van der Waals surface area contributed by atoms with Gasteiger partial charge in [-0.1, -0.05) is 80.3 Å². The second kappa shape index (κ2) is 14.8. The van der Waals surface area contributed by atoms with Gasteiger partial charge in [0.2, 0.25) is 5.91 Å². The number of amides is 3. The van der Waals surface area contributed by atoms with Gasteiger partial charge in [0.05, 0.1) is 6.04 Å². The Bertz CT molecular complexity index is 1360. The highest BCUT2D eigenvalue weighted by Gasteiger charge is 2.40. The zero-order valence-electron chi connectivity index (χ0n) is 24.5. The molecule has 0 radical (unpaired) electrons. The number of hydrogen-bond acceptors (Lipinski definition) is 5. The van der Waals surface area contributed by atoms with Crippen molar-refractivity contribution in [3.05, 3.63) is 96.1 Å². The molecule has 3 N–H and O–H groups in total. The van der Waals surface area contributed by atoms with E-state index in [1.54, 1.807) is 29.2 Å². The molecule has 3 atom stereocenters. The monoisotopic (exact) mass is 583 g/mol. The first-order valence-corrected chi connectivity index (χ1v) is 15.4. The summed E-state index contributed by atoms with van der Waals surface area (Å²) in [6, 6.07) is 24.2. The summed E-state index contributed by atoms with van der Waals surface area (Å²) in [4.78, 5) is 42.2. The summed E-state index contributed by atoms with van der Waals surface area (Å²) in [6.07, 6.45) is 6.44. The number of carbonyl (C=O) groups excluding carboxylic acids is 3. The molecule has 0 bridgehead atoms. The van der Waals surface area contributed by atoms with Crippen LogP contribution >= 0.6 is 0 Å². The van der Waals surface area contributed by atoms with Crippen LogP contribution < -0.4 is 15.4 Å². The Balaban J connectivity index is 1.30. The summed E-state index contributed by atoms with van der Waals surface area (Å²) < 4.78 is 5.90. The van der Waals surface area contributed by atoms with Crippen molar-refractivity contribution in [3.8, 4) is 11.5 Å². The number of likely N-dealkylation sites (tertiary alicyclic amines) is 1. The minimum absolute atomic E-state index is 0.0574. The van der Waals surface area contributed by atoms with Crippen LogP contribution in [0.4, 0.5) is 0 Å². The fourth-order valence-corrected chi connectivity index (χ4v) is 6.10. The van der Waals surface area contributed by atoms with E-state index in [2.05, 4.69) is 10.6 Å². The quantitative estimate of drug-likeness (QED) is 0.291. The molecule has 1 unspecified atom stereocenters. The van der Waals surface area contributed by atoms with Gasteiger partial charge in [-0.05, 0) is 61.6 Å². The molecule has 3 amide bonds. The number of carbonyl (C=O) groups is 3. The molecule has 226 valence electrons. The number of para-hydroxylation sites is 1. The van der Waals surface area contributed by atoms with Crippen LogP contribution in [-0.2, 0) is 16.0 Å². The third-order valence-corrected chi connectivity index (χ3v) is 8.38. The Morgan fingerprint density at radius 1 is 0.814 bits per heavy atom. The Morgan fingerprint density at radius 3 is 2.21 bits per heavy atom. The predicted molar refractivity (Wildman–Crippen MR) is 165 cm³/mol. The fourth-order valence-electron chi connectivity index (χ4n) is 6.10. The minimum atomic E-state index is -1.32. The first-order valence-electron chi connectivity index (χ1n) is 15.4. The molecule has 1 saturated heterocycles. The lowest BCUT2D eigenvalue weighted by Gasteiger charge is -2.32. The van der Waals surface area contributed by atoms with Crippen molar-refractivity contribution in [1.29, 1.82) is 0 Å². The van der Waals surface area contributed by atoms with Crippen LogP contribution in [0.15, 0.2) is 84.9 Å². The van der Waals surface area contributed by atoms with Crippen LogP contribution in [0.3, 0.4) is 0 Å². The van der Waals surface area contributed by atoms with Crippen molar-refractivity contribution in [1.82, 2.24) is 15.5 Å². The van der Waals surface area contributed by atoms with Crippen LogP contribution in [0.25, 0.3) is 0 Å². The number of benzene rings is 3. The zero-order chi connectivity index (χ0) is 30.0. The molecule has 0 aromatic heterocycles. The lowest BCUT2D eigenvalue weighted by atomic mass is 10.0. The number of nitrogens with one attached hydrogen (secondary N) is 2. The van der Waals surface area contributed by atoms with Gasteiger partial charge in [0.25, 0.3) is 11.8 Å². The van der Waals surface area contributed by atoms with Gasteiger partial charge in [-0.3, -0.25) is 14.4 Å². The van der Waals surface area contributed by atoms with Gasteiger partial charge < -0.3 is 25.4 Å². The Morgan fingerprint density at radius 2 is 1.49 bits per heavy atom. The maximum Gasteiger partial charge on any atom is 0.252 e. The van der Waals surface area contributed by atoms with E-state index in [4.69, 9.17) is 4.74 Å². The Labute approximate surface area is 253 Å². The minimum Gasteiger partial charge on any atom is -0.457 e. The van der Waals surface area contributed by atoms with E-state index in [1.807, 2.05) is 60.7 Å². The molecule has 1 aliphatic carbocycles. The van der Waals surface area contributed by atoms with Crippen molar-refractivity contribution in [2.45, 2.75) is 82.0 Å². The third-order valence-electron chi connectivity index (χ3n) is 8.38. The topological polar surface area (TPSA) is 108 Å². The van der Waals surface area contributed by atoms with E-state index in [0.717, 1.165) is 31.2 Å². The normalized spacial score (nSPS) is 18.7. The number of aliphatic hydroxyl groups excluding tert-OH is 1. The molecule has 8 heteroatoms. The molecule has 2 aliphatic rings. The van der Waals surface area contributed by atoms with Gasteiger partial charge in [0.15, 0.2) is 6.10 Å². The first kappa shape index (κ1) is 30.3. The maximum absolute atomic E-state index is 14.0. The highest BCUT2D eigenvalue weighted by Crippen LogP contribution is 2.25. The van der Waals surface area contributed by atoms with E-state index in [0.29, 0.717) is 36.4 Å². The molecule has 8 nitrogen and oxygen atoms in total. The largest absolute Gasteiger partial charge is 0.457 e. The van der Waals surface area contributed by atoms with E-state index in [9.17, 15) is 19.5 Å². The molecule has 1 saturated carbocycles. The number of ether oxygens (including phenoxy) is 1. The molecular weight excluding hydrogens is 542 g/mol. The van der Waals surface area contributed by atoms with Crippen molar-refractivity contribution in [3.63, 3.8) is 0 Å². The number of aliphatic hydroxyl groups is 1. The molecule has 1 aliphatic heterocycles. The van der Waals surface area contributed by atoms with Gasteiger partial charge in [-0.15, -0.1) is 0 Å². The second-order valence-electron chi connectivity index (χ2n) is 11.5. The summed E-state index contributed by atoms with van der Waals surface area (Å²) in [6.45, 7) is 0.416. The van der Waals surface area contributed by atoms with E-state index in [1.165, 1.54) is 12.8 Å². The van der Waals surface area contributed by atoms with Crippen LogP contribution in [0.2, 0.25) is 0 Å². The van der Waals surface area contributed by atoms with E-state index < -0.39 is 30.0 Å². The molecule has 1 heterocycles. The highest BCUT2D eigenvalue weighted by atomic mass is 16.5. The predicted octanol–water partition coefficient (Wildman–Crippen LogP) is 5.01. The van der Waals surface area contributed by atoms with Gasteiger partial charge in [0, 0.05) is 24.6 Å². The molecule has 0 spiro atoms. The molecule has 2 fully saturated rings. The van der Waals surface area contributed by atoms with Crippen LogP contribution in [0, 0.1) is 0 Å². The third kappa shape index (κ3) is 8.23. The summed E-state index contributed by atoms with van der Waals surface area (Å²) in [5, 5.41) is 17.1. The molecule has 5 rings (SSSR count). The number of rotatable bonds is 10. The van der Waals surface area contributed by atoms with Crippen molar-refractivity contribution >= 4 is 17.7 Å².